The van der Waals surface area contributed by atoms with E-state index in [1.54, 1.807) is 19.1 Å². The van der Waals surface area contributed by atoms with E-state index >= 15 is 0 Å². The molecule has 0 aliphatic carbocycles. The van der Waals surface area contributed by atoms with Gasteiger partial charge in [-0.3, -0.25) is 0 Å². The molecule has 2 rings (SSSR count). The van der Waals surface area contributed by atoms with Crippen LogP contribution in [0.1, 0.15) is 12.5 Å². The van der Waals surface area contributed by atoms with Crippen molar-refractivity contribution >= 4 is 23.4 Å². The van der Waals surface area contributed by atoms with Crippen molar-refractivity contribution in [3.63, 3.8) is 0 Å². The summed E-state index contributed by atoms with van der Waals surface area (Å²) in [7, 11) is 0. The fraction of sp³-hybridized carbons (Fsp3) is 0.200. The zero-order valence-electron chi connectivity index (χ0n) is 12.0. The Labute approximate surface area is 126 Å². The number of isocyanates is 1. The SMILES string of the molecule is CCOc1c(N=C=O)cc(NCc2ccc(F)cc2)nc1N. The van der Waals surface area contributed by atoms with Gasteiger partial charge in [-0.25, -0.2) is 14.2 Å². The van der Waals surface area contributed by atoms with Gasteiger partial charge in [0.2, 0.25) is 6.08 Å². The number of aliphatic imine (C=N–C) groups is 1. The molecule has 7 heteroatoms. The van der Waals surface area contributed by atoms with Crippen LogP contribution < -0.4 is 15.8 Å². The zero-order valence-corrected chi connectivity index (χ0v) is 12.0. The molecule has 114 valence electrons. The van der Waals surface area contributed by atoms with Crippen molar-refractivity contribution in [2.75, 3.05) is 17.7 Å². The van der Waals surface area contributed by atoms with Crippen LogP contribution in [0, 0.1) is 5.82 Å². The smallest absolute Gasteiger partial charge is 0.240 e. The minimum Gasteiger partial charge on any atom is -0.488 e. The van der Waals surface area contributed by atoms with Gasteiger partial charge in [0, 0.05) is 12.6 Å². The standard InChI is InChI=1S/C15H15FN4O2/c1-2-22-14-12(19-9-21)7-13(20-15(14)17)18-8-10-3-5-11(16)6-4-10/h3-7H,2,8H2,1H3,(H3,17,18,20). The second kappa shape index (κ2) is 7.19. The molecule has 0 bridgehead atoms. The maximum Gasteiger partial charge on any atom is 0.240 e. The molecule has 22 heavy (non-hydrogen) atoms. The summed E-state index contributed by atoms with van der Waals surface area (Å²) in [5.41, 5.74) is 6.94. The Kier molecular flexibility index (Phi) is 5.06. The summed E-state index contributed by atoms with van der Waals surface area (Å²) in [5.74, 6) is 0.507. The first-order valence-electron chi connectivity index (χ1n) is 6.63. The number of aromatic nitrogens is 1. The molecular weight excluding hydrogens is 287 g/mol. The highest BCUT2D eigenvalue weighted by molar-refractivity contribution is 5.70. The molecule has 0 spiro atoms. The van der Waals surface area contributed by atoms with Crippen molar-refractivity contribution in [1.82, 2.24) is 4.98 Å². The molecule has 0 aliphatic heterocycles. The molecule has 0 fully saturated rings. The first-order valence-corrected chi connectivity index (χ1v) is 6.63. The number of anilines is 2. The van der Waals surface area contributed by atoms with Crippen molar-refractivity contribution in [3.05, 3.63) is 41.7 Å². The third-order valence-corrected chi connectivity index (χ3v) is 2.82. The summed E-state index contributed by atoms with van der Waals surface area (Å²) in [6.45, 7) is 2.58. The van der Waals surface area contributed by atoms with Crippen LogP contribution in [0.15, 0.2) is 35.3 Å². The Hall–Kier alpha value is -2.92. The summed E-state index contributed by atoms with van der Waals surface area (Å²) >= 11 is 0. The number of nitrogens with two attached hydrogens (primary N) is 1. The topological polar surface area (TPSA) is 89.6 Å². The molecular formula is C15H15FN4O2. The van der Waals surface area contributed by atoms with Gasteiger partial charge in [0.15, 0.2) is 11.6 Å². The first kappa shape index (κ1) is 15.5. The predicted octanol–water partition coefficient (Wildman–Crippen LogP) is 2.78. The monoisotopic (exact) mass is 302 g/mol. The van der Waals surface area contributed by atoms with Gasteiger partial charge >= 0.3 is 0 Å². The van der Waals surface area contributed by atoms with E-state index in [1.807, 2.05) is 0 Å². The minimum absolute atomic E-state index is 0.125. The molecule has 0 radical (unpaired) electrons. The van der Waals surface area contributed by atoms with E-state index < -0.39 is 0 Å². The summed E-state index contributed by atoms with van der Waals surface area (Å²) in [5, 5.41) is 3.03. The summed E-state index contributed by atoms with van der Waals surface area (Å²) in [6.07, 6.45) is 1.46. The maximum absolute atomic E-state index is 12.8. The van der Waals surface area contributed by atoms with Crippen LogP contribution >= 0.6 is 0 Å². The molecule has 0 atom stereocenters. The van der Waals surface area contributed by atoms with E-state index in [-0.39, 0.29) is 23.1 Å². The molecule has 1 aromatic carbocycles. The fourth-order valence-corrected chi connectivity index (χ4v) is 1.85. The lowest BCUT2D eigenvalue weighted by molar-refractivity contribution is 0.342. The normalized spacial score (nSPS) is 9.91. The molecule has 1 heterocycles. The number of nitrogens with zero attached hydrogens (tertiary/aromatic N) is 2. The average Bonchev–Trinajstić information content (AvgIpc) is 2.50. The first-order chi connectivity index (χ1) is 10.6. The van der Waals surface area contributed by atoms with Crippen LogP contribution in [0.3, 0.4) is 0 Å². The fourth-order valence-electron chi connectivity index (χ4n) is 1.85. The van der Waals surface area contributed by atoms with E-state index in [0.717, 1.165) is 5.56 Å². The molecule has 0 unspecified atom stereocenters. The largest absolute Gasteiger partial charge is 0.488 e. The van der Waals surface area contributed by atoms with E-state index in [9.17, 15) is 9.18 Å². The van der Waals surface area contributed by atoms with E-state index in [0.29, 0.717) is 19.0 Å². The van der Waals surface area contributed by atoms with Crippen molar-refractivity contribution in [2.45, 2.75) is 13.5 Å². The highest BCUT2D eigenvalue weighted by Gasteiger charge is 2.11. The summed E-state index contributed by atoms with van der Waals surface area (Å²) in [4.78, 5) is 18.2. The average molecular weight is 302 g/mol. The molecule has 6 nitrogen and oxygen atoms in total. The molecule has 2 aromatic rings. The van der Waals surface area contributed by atoms with Crippen molar-refractivity contribution in [1.29, 1.82) is 0 Å². The summed E-state index contributed by atoms with van der Waals surface area (Å²) < 4.78 is 18.2. The third kappa shape index (κ3) is 3.80. The van der Waals surface area contributed by atoms with Gasteiger partial charge in [0.25, 0.3) is 0 Å². The van der Waals surface area contributed by atoms with E-state index in [2.05, 4.69) is 15.3 Å². The Morgan fingerprint density at radius 1 is 1.41 bits per heavy atom. The van der Waals surface area contributed by atoms with E-state index in [1.165, 1.54) is 24.3 Å². The molecule has 0 aliphatic rings. The highest BCUT2D eigenvalue weighted by Crippen LogP contribution is 2.34. The molecule has 0 saturated carbocycles. The number of halogens is 1. The van der Waals surface area contributed by atoms with Crippen LogP contribution in [0.25, 0.3) is 0 Å². The Bertz CT molecular complexity index is 697. The van der Waals surface area contributed by atoms with Gasteiger partial charge in [0.05, 0.1) is 6.61 Å². The number of carbonyl (C=O) groups excluding carboxylic acids is 1. The molecule has 0 amide bonds. The number of hydrogen-bond donors (Lipinski definition) is 2. The number of hydrogen-bond acceptors (Lipinski definition) is 6. The third-order valence-electron chi connectivity index (χ3n) is 2.82. The quantitative estimate of drug-likeness (QED) is 0.632. The number of pyridine rings is 1. The second-order valence-corrected chi connectivity index (χ2v) is 4.36. The molecule has 1 aromatic heterocycles. The number of benzene rings is 1. The van der Waals surface area contributed by atoms with Crippen molar-refractivity contribution < 1.29 is 13.9 Å². The Morgan fingerprint density at radius 2 is 2.14 bits per heavy atom. The van der Waals surface area contributed by atoms with Gasteiger partial charge in [-0.15, -0.1) is 0 Å². The zero-order chi connectivity index (χ0) is 15.9. The van der Waals surface area contributed by atoms with Crippen LogP contribution in [-0.2, 0) is 11.3 Å². The van der Waals surface area contributed by atoms with Crippen LogP contribution in [0.5, 0.6) is 5.75 Å². The lowest BCUT2D eigenvalue weighted by Crippen LogP contribution is -2.05. The Balaban J connectivity index is 2.20. The predicted molar refractivity (Wildman–Crippen MR) is 81.3 cm³/mol. The number of rotatable bonds is 6. The van der Waals surface area contributed by atoms with Crippen LogP contribution in [0.2, 0.25) is 0 Å². The maximum atomic E-state index is 12.8. The molecule has 3 N–H and O–H groups in total. The van der Waals surface area contributed by atoms with Gasteiger partial charge in [-0.05, 0) is 24.6 Å². The van der Waals surface area contributed by atoms with Crippen molar-refractivity contribution in [3.8, 4) is 5.75 Å². The van der Waals surface area contributed by atoms with Crippen LogP contribution in [0.4, 0.5) is 21.7 Å². The second-order valence-electron chi connectivity index (χ2n) is 4.36. The van der Waals surface area contributed by atoms with Crippen molar-refractivity contribution in [2.24, 2.45) is 4.99 Å². The van der Waals surface area contributed by atoms with Gasteiger partial charge in [-0.2, -0.15) is 4.99 Å². The van der Waals surface area contributed by atoms with Gasteiger partial charge in [0.1, 0.15) is 17.3 Å². The number of nitrogens with one attached hydrogen (secondary N) is 1. The lowest BCUT2D eigenvalue weighted by atomic mass is 10.2. The van der Waals surface area contributed by atoms with Crippen LogP contribution in [-0.4, -0.2) is 17.7 Å². The molecule has 0 saturated heterocycles. The Morgan fingerprint density at radius 3 is 2.77 bits per heavy atom. The summed E-state index contributed by atoms with van der Waals surface area (Å²) in [6, 6.07) is 7.60. The minimum atomic E-state index is -0.296. The number of ether oxygens (including phenoxy) is 1. The van der Waals surface area contributed by atoms with E-state index in [4.69, 9.17) is 10.5 Å². The highest BCUT2D eigenvalue weighted by atomic mass is 19.1. The number of nitrogen functional groups attached to an aromatic ring is 1. The van der Waals surface area contributed by atoms with Gasteiger partial charge in [-0.1, -0.05) is 12.1 Å². The lowest BCUT2D eigenvalue weighted by Gasteiger charge is -2.12. The van der Waals surface area contributed by atoms with Gasteiger partial charge < -0.3 is 15.8 Å².